The Bertz CT molecular complexity index is 1230. The normalized spacial score (nSPS) is 16.5. The van der Waals surface area contributed by atoms with E-state index in [1.54, 1.807) is 19.9 Å². The van der Waals surface area contributed by atoms with E-state index in [0.717, 1.165) is 48.2 Å². The van der Waals surface area contributed by atoms with Gasteiger partial charge in [-0.2, -0.15) is 0 Å². The number of aliphatic carboxylic acids is 1. The molecular weight excluding hydrogens is 504 g/mol. The molecule has 0 saturated carbocycles. The van der Waals surface area contributed by atoms with Crippen LogP contribution in [0.25, 0.3) is 11.3 Å². The van der Waals surface area contributed by atoms with Crippen LogP contribution in [0.4, 0.5) is 10.9 Å². The Kier molecular flexibility index (Phi) is 10.2. The van der Waals surface area contributed by atoms with E-state index in [4.69, 9.17) is 4.98 Å². The molecule has 0 saturated heterocycles. The zero-order chi connectivity index (χ0) is 27.0. The lowest BCUT2D eigenvalue weighted by atomic mass is 9.93. The summed E-state index contributed by atoms with van der Waals surface area (Å²) in [6.45, 7) is 10.5. The summed E-state index contributed by atoms with van der Waals surface area (Å²) in [5, 5.41) is 10.7. The number of benzene rings is 1. The van der Waals surface area contributed by atoms with Crippen LogP contribution in [0.3, 0.4) is 0 Å². The van der Waals surface area contributed by atoms with E-state index in [1.165, 1.54) is 16.9 Å². The predicted molar refractivity (Wildman–Crippen MR) is 154 cm³/mol. The highest BCUT2D eigenvalue weighted by atomic mass is 32.2. The third-order valence-electron chi connectivity index (χ3n) is 6.26. The highest BCUT2D eigenvalue weighted by Gasteiger charge is 2.30. The SMILES string of the molecule is CC.Cc1sc2nc1-c1ccccc1CCCCCCN(CC(C)(C)C(=O)O)c1cccc(n1)S(=O)N2. The molecule has 3 aromatic rings. The molecule has 0 fully saturated rings. The fraction of sp³-hybridized carbons (Fsp3) is 0.464. The molecule has 1 aromatic carbocycles. The molecule has 4 rings (SSSR count). The number of hydrogen-bond acceptors (Lipinski definition) is 6. The maximum absolute atomic E-state index is 13.2. The molecule has 200 valence electrons. The molecule has 9 heteroatoms. The minimum Gasteiger partial charge on any atom is -0.481 e. The molecule has 1 aliphatic heterocycles. The van der Waals surface area contributed by atoms with Gasteiger partial charge in [-0.3, -0.25) is 9.52 Å². The monoisotopic (exact) mass is 542 g/mol. The van der Waals surface area contributed by atoms with Gasteiger partial charge in [-0.1, -0.05) is 57.0 Å². The van der Waals surface area contributed by atoms with Crippen molar-refractivity contribution >= 4 is 39.2 Å². The Labute approximate surface area is 227 Å². The lowest BCUT2D eigenvalue weighted by Crippen LogP contribution is -2.40. The fourth-order valence-electron chi connectivity index (χ4n) is 4.27. The van der Waals surface area contributed by atoms with Gasteiger partial charge in [0, 0.05) is 23.5 Å². The standard InChI is InChI=1S/C26H32N4O3S2.C2H6/c1-18-23-20-13-8-7-12-19(20)11-6-4-5-9-16-30(17-26(2,3)24(31)32)21-14-10-15-22(27-21)35(33)29-25(28-23)34-18;1-2/h7-8,10,12-15H,4-6,9,11,16-17H2,1-3H3,(H,28,29)(H,31,32);1-2H3. The number of carboxylic acids is 1. The molecule has 0 aliphatic carbocycles. The van der Waals surface area contributed by atoms with Crippen molar-refractivity contribution in [3.05, 3.63) is 52.9 Å². The maximum Gasteiger partial charge on any atom is 0.310 e. The van der Waals surface area contributed by atoms with Gasteiger partial charge in [0.15, 0.2) is 21.1 Å². The molecule has 1 unspecified atom stereocenters. The molecule has 0 spiro atoms. The molecule has 2 N–H and O–H groups in total. The van der Waals surface area contributed by atoms with Crippen LogP contribution in [0.5, 0.6) is 0 Å². The molecule has 0 radical (unpaired) electrons. The van der Waals surface area contributed by atoms with Crippen LogP contribution in [0.1, 0.15) is 63.8 Å². The number of fused-ring (bicyclic) bond motifs is 6. The summed E-state index contributed by atoms with van der Waals surface area (Å²) in [6.07, 6.45) is 5.10. The first-order valence-corrected chi connectivity index (χ1v) is 14.9. The quantitative estimate of drug-likeness (QED) is 0.382. The van der Waals surface area contributed by atoms with E-state index in [2.05, 4.69) is 27.9 Å². The van der Waals surface area contributed by atoms with Crippen LogP contribution in [0, 0.1) is 12.3 Å². The summed E-state index contributed by atoms with van der Waals surface area (Å²) >= 11 is 1.48. The number of aromatic nitrogens is 2. The Morgan fingerprint density at radius 2 is 1.81 bits per heavy atom. The summed E-state index contributed by atoms with van der Waals surface area (Å²) in [5.74, 6) is -0.212. The van der Waals surface area contributed by atoms with Gasteiger partial charge in [-0.15, -0.1) is 11.3 Å². The van der Waals surface area contributed by atoms with Crippen LogP contribution in [-0.4, -0.2) is 38.3 Å². The Hall–Kier alpha value is -2.78. The summed E-state index contributed by atoms with van der Waals surface area (Å²) in [4.78, 5) is 24.3. The number of aryl methyl sites for hydroxylation is 2. The average Bonchev–Trinajstić information content (AvgIpc) is 3.25. The number of thiazole rings is 1. The van der Waals surface area contributed by atoms with Crippen molar-refractivity contribution in [3.63, 3.8) is 0 Å². The van der Waals surface area contributed by atoms with Crippen molar-refractivity contribution in [1.29, 1.82) is 0 Å². The van der Waals surface area contributed by atoms with E-state index < -0.39 is 22.4 Å². The Morgan fingerprint density at radius 3 is 2.57 bits per heavy atom. The number of pyridine rings is 1. The second kappa shape index (κ2) is 13.1. The molecule has 37 heavy (non-hydrogen) atoms. The van der Waals surface area contributed by atoms with Crippen molar-refractivity contribution in [2.75, 3.05) is 22.7 Å². The highest BCUT2D eigenvalue weighted by molar-refractivity contribution is 7.86. The van der Waals surface area contributed by atoms with Crippen molar-refractivity contribution in [3.8, 4) is 11.3 Å². The Balaban J connectivity index is 0.00000186. The van der Waals surface area contributed by atoms with Crippen LogP contribution in [-0.2, 0) is 22.2 Å². The maximum atomic E-state index is 13.2. The van der Waals surface area contributed by atoms with Gasteiger partial charge in [0.05, 0.1) is 11.1 Å². The van der Waals surface area contributed by atoms with Gasteiger partial charge in [-0.05, 0) is 57.7 Å². The van der Waals surface area contributed by atoms with Gasteiger partial charge in [0.2, 0.25) is 0 Å². The molecule has 1 aliphatic rings. The van der Waals surface area contributed by atoms with Crippen LogP contribution < -0.4 is 9.62 Å². The number of anilines is 2. The van der Waals surface area contributed by atoms with E-state index in [-0.39, 0.29) is 0 Å². The van der Waals surface area contributed by atoms with Crippen molar-refractivity contribution in [2.24, 2.45) is 5.41 Å². The number of rotatable bonds is 3. The number of hydrogen-bond donors (Lipinski definition) is 2. The minimum absolute atomic E-state index is 0.321. The third kappa shape index (κ3) is 7.38. The second-order valence-corrected chi connectivity index (χ2v) is 11.9. The van der Waals surface area contributed by atoms with E-state index in [0.29, 0.717) is 29.1 Å². The smallest absolute Gasteiger partial charge is 0.310 e. The van der Waals surface area contributed by atoms with Gasteiger partial charge in [0.25, 0.3) is 0 Å². The van der Waals surface area contributed by atoms with Gasteiger partial charge in [-0.25, -0.2) is 14.2 Å². The van der Waals surface area contributed by atoms with E-state index in [1.807, 2.05) is 43.9 Å². The minimum atomic E-state index is -1.60. The van der Waals surface area contributed by atoms with Crippen LogP contribution in [0.15, 0.2) is 47.5 Å². The molecule has 2 aromatic heterocycles. The lowest BCUT2D eigenvalue weighted by Gasteiger charge is -2.31. The van der Waals surface area contributed by atoms with Crippen molar-refractivity contribution in [2.45, 2.75) is 71.7 Å². The third-order valence-corrected chi connectivity index (χ3v) is 8.26. The fourth-order valence-corrected chi connectivity index (χ4v) is 6.03. The molecule has 3 heterocycles. The predicted octanol–water partition coefficient (Wildman–Crippen LogP) is 6.71. The van der Waals surface area contributed by atoms with Gasteiger partial charge < -0.3 is 10.0 Å². The van der Waals surface area contributed by atoms with Gasteiger partial charge >= 0.3 is 5.97 Å². The highest BCUT2D eigenvalue weighted by Crippen LogP contribution is 2.34. The summed E-state index contributed by atoms with van der Waals surface area (Å²) in [5.41, 5.74) is 2.40. The first-order chi connectivity index (χ1) is 17.7. The largest absolute Gasteiger partial charge is 0.481 e. The van der Waals surface area contributed by atoms with Gasteiger partial charge in [0.1, 0.15) is 5.82 Å². The van der Waals surface area contributed by atoms with E-state index >= 15 is 0 Å². The van der Waals surface area contributed by atoms with Crippen molar-refractivity contribution < 1.29 is 14.1 Å². The molecule has 1 atom stereocenters. The first-order valence-electron chi connectivity index (χ1n) is 12.9. The second-order valence-electron chi connectivity index (χ2n) is 9.56. The molecule has 7 nitrogen and oxygen atoms in total. The first kappa shape index (κ1) is 28.8. The molecular formula is C28H38N4O3S2. The summed E-state index contributed by atoms with van der Waals surface area (Å²) in [6, 6.07) is 13.8. The number of nitrogens with zero attached hydrogens (tertiary/aromatic N) is 3. The van der Waals surface area contributed by atoms with E-state index in [9.17, 15) is 14.1 Å². The number of carboxylic acid groups (broad SMARTS) is 1. The number of carbonyl (C=O) groups is 1. The molecule has 4 bridgehead atoms. The average molecular weight is 543 g/mol. The topological polar surface area (TPSA) is 95.4 Å². The summed E-state index contributed by atoms with van der Waals surface area (Å²) in [7, 11) is -1.60. The zero-order valence-electron chi connectivity index (χ0n) is 22.4. The lowest BCUT2D eigenvalue weighted by molar-refractivity contribution is -0.146. The van der Waals surface area contributed by atoms with Crippen LogP contribution >= 0.6 is 11.3 Å². The number of nitrogens with one attached hydrogen (secondary N) is 1. The molecule has 0 amide bonds. The van der Waals surface area contributed by atoms with Crippen molar-refractivity contribution in [1.82, 2.24) is 9.97 Å². The summed E-state index contributed by atoms with van der Waals surface area (Å²) < 4.78 is 16.2. The zero-order valence-corrected chi connectivity index (χ0v) is 24.0. The van der Waals surface area contributed by atoms with Crippen LogP contribution in [0.2, 0.25) is 0 Å². The Morgan fingerprint density at radius 1 is 1.08 bits per heavy atom.